The lowest BCUT2D eigenvalue weighted by Crippen LogP contribution is -2.46. The topological polar surface area (TPSA) is 84.8 Å². The summed E-state index contributed by atoms with van der Waals surface area (Å²) in [6.45, 7) is 11.1. The van der Waals surface area contributed by atoms with Gasteiger partial charge in [-0.1, -0.05) is 36.2 Å². The summed E-state index contributed by atoms with van der Waals surface area (Å²) in [5.74, 6) is 1.16. The molecule has 1 aliphatic heterocycles. The minimum Gasteiger partial charge on any atom is -0.495 e. The van der Waals surface area contributed by atoms with Crippen molar-refractivity contribution >= 4 is 40.2 Å². The number of rotatable bonds is 11. The van der Waals surface area contributed by atoms with Gasteiger partial charge in [-0.3, -0.25) is 19.2 Å². The van der Waals surface area contributed by atoms with Crippen molar-refractivity contribution < 1.29 is 9.47 Å². The predicted molar refractivity (Wildman–Crippen MR) is 159 cm³/mol. The van der Waals surface area contributed by atoms with Gasteiger partial charge in [0.05, 0.1) is 29.8 Å². The number of fused-ring (bicyclic) bond motifs is 1. The molecule has 1 aromatic carbocycles. The van der Waals surface area contributed by atoms with Crippen LogP contribution >= 0.6 is 23.2 Å². The van der Waals surface area contributed by atoms with E-state index in [0.29, 0.717) is 58.7 Å². The maximum absolute atomic E-state index is 14.1. The Hall–Kier alpha value is -2.85. The minimum atomic E-state index is -0.251. The molecule has 39 heavy (non-hydrogen) atoms. The normalized spacial score (nSPS) is 14.6. The van der Waals surface area contributed by atoms with E-state index in [1.807, 2.05) is 6.08 Å². The highest BCUT2D eigenvalue weighted by Gasteiger charge is 2.25. The molecule has 0 bridgehead atoms. The van der Waals surface area contributed by atoms with E-state index in [1.54, 1.807) is 29.9 Å². The Kier molecular flexibility index (Phi) is 9.71. The number of nitrogens with one attached hydrogen (secondary N) is 1. The highest BCUT2D eigenvalue weighted by molar-refractivity contribution is 6.41. The molecule has 9 nitrogen and oxygen atoms in total. The molecule has 3 aromatic rings. The maximum Gasteiger partial charge on any atom is 0.260 e. The Morgan fingerprint density at radius 3 is 2.41 bits per heavy atom. The molecule has 11 heteroatoms. The zero-order valence-electron chi connectivity index (χ0n) is 23.0. The molecule has 1 fully saturated rings. The summed E-state index contributed by atoms with van der Waals surface area (Å²) in [6.07, 6.45) is 5.82. The van der Waals surface area contributed by atoms with E-state index in [0.717, 1.165) is 39.0 Å². The SMILES string of the molecule is C=CCN1CCC(N(CC)CCn2c(=O)c(-c3c(Cl)c(OC)cc(OC)c3Cl)cc3cnc(NC)nc32)CC1. The summed E-state index contributed by atoms with van der Waals surface area (Å²) in [7, 11) is 4.76. The van der Waals surface area contributed by atoms with Gasteiger partial charge in [-0.05, 0) is 38.5 Å². The molecule has 1 saturated heterocycles. The molecule has 0 unspecified atom stereocenters. The van der Waals surface area contributed by atoms with Gasteiger partial charge in [0.15, 0.2) is 0 Å². The van der Waals surface area contributed by atoms with Crippen LogP contribution in [0.15, 0.2) is 35.8 Å². The quantitative estimate of drug-likeness (QED) is 0.327. The van der Waals surface area contributed by atoms with Gasteiger partial charge in [0.2, 0.25) is 5.95 Å². The van der Waals surface area contributed by atoms with Crippen LogP contribution < -0.4 is 20.3 Å². The molecule has 0 aliphatic carbocycles. The molecule has 4 rings (SSSR count). The Labute approximate surface area is 239 Å². The first-order valence-electron chi connectivity index (χ1n) is 13.1. The van der Waals surface area contributed by atoms with Crippen molar-refractivity contribution in [2.45, 2.75) is 32.4 Å². The first-order chi connectivity index (χ1) is 18.9. The van der Waals surface area contributed by atoms with Gasteiger partial charge in [0, 0.05) is 55.9 Å². The van der Waals surface area contributed by atoms with E-state index in [2.05, 4.69) is 38.6 Å². The number of anilines is 1. The fourth-order valence-electron chi connectivity index (χ4n) is 5.27. The molecule has 0 saturated carbocycles. The van der Waals surface area contributed by atoms with E-state index >= 15 is 0 Å². The molecule has 0 amide bonds. The lowest BCUT2D eigenvalue weighted by atomic mass is 10.0. The van der Waals surface area contributed by atoms with Gasteiger partial charge in [-0.25, -0.2) is 4.98 Å². The third-order valence-corrected chi connectivity index (χ3v) is 8.12. The Morgan fingerprint density at radius 2 is 1.85 bits per heavy atom. The summed E-state index contributed by atoms with van der Waals surface area (Å²) >= 11 is 13.4. The van der Waals surface area contributed by atoms with Crippen LogP contribution in [-0.4, -0.2) is 84.4 Å². The van der Waals surface area contributed by atoms with Gasteiger partial charge in [0.1, 0.15) is 17.1 Å². The van der Waals surface area contributed by atoms with Crippen molar-refractivity contribution in [3.8, 4) is 22.6 Å². The van der Waals surface area contributed by atoms with E-state index in [1.165, 1.54) is 14.2 Å². The first kappa shape index (κ1) is 29.1. The van der Waals surface area contributed by atoms with Crippen molar-refractivity contribution in [1.82, 2.24) is 24.3 Å². The zero-order chi connectivity index (χ0) is 28.1. The van der Waals surface area contributed by atoms with Crippen molar-refractivity contribution in [1.29, 1.82) is 0 Å². The molecule has 2 aromatic heterocycles. The second kappa shape index (κ2) is 13.0. The Morgan fingerprint density at radius 1 is 1.18 bits per heavy atom. The number of nitrogens with zero attached hydrogens (tertiary/aromatic N) is 5. The van der Waals surface area contributed by atoms with E-state index < -0.39 is 0 Å². The van der Waals surface area contributed by atoms with Crippen molar-refractivity contribution in [2.75, 3.05) is 59.3 Å². The summed E-state index contributed by atoms with van der Waals surface area (Å²) in [5.41, 5.74) is 0.979. The van der Waals surface area contributed by atoms with Gasteiger partial charge in [-0.2, -0.15) is 4.98 Å². The molecule has 0 radical (unpaired) electrons. The smallest absolute Gasteiger partial charge is 0.260 e. The summed E-state index contributed by atoms with van der Waals surface area (Å²) < 4.78 is 12.6. The minimum absolute atomic E-state index is 0.237. The third kappa shape index (κ3) is 6.01. The van der Waals surface area contributed by atoms with Gasteiger partial charge in [-0.15, -0.1) is 6.58 Å². The molecule has 3 heterocycles. The molecule has 210 valence electrons. The number of halogens is 2. The molecular formula is C28H36Cl2N6O3. The Bertz CT molecular complexity index is 1360. The van der Waals surface area contributed by atoms with Gasteiger partial charge in [0.25, 0.3) is 5.56 Å². The number of methoxy groups -OCH3 is 2. The van der Waals surface area contributed by atoms with E-state index in [9.17, 15) is 4.79 Å². The monoisotopic (exact) mass is 574 g/mol. The molecule has 0 atom stereocenters. The average Bonchev–Trinajstić information content (AvgIpc) is 2.95. The fraction of sp³-hybridized carbons (Fsp3) is 0.464. The Balaban J connectivity index is 1.77. The molecule has 0 spiro atoms. The van der Waals surface area contributed by atoms with Gasteiger partial charge < -0.3 is 14.8 Å². The number of likely N-dealkylation sites (tertiary alicyclic amines) is 1. The van der Waals surface area contributed by atoms with Crippen LogP contribution in [0.4, 0.5) is 5.95 Å². The van der Waals surface area contributed by atoms with Crippen LogP contribution in [0.3, 0.4) is 0 Å². The number of aromatic nitrogens is 3. The predicted octanol–water partition coefficient (Wildman–Crippen LogP) is 4.80. The first-order valence-corrected chi connectivity index (χ1v) is 13.9. The summed E-state index contributed by atoms with van der Waals surface area (Å²) in [4.78, 5) is 28.0. The lowest BCUT2D eigenvalue weighted by molar-refractivity contribution is 0.115. The number of pyridine rings is 1. The number of piperidine rings is 1. The van der Waals surface area contributed by atoms with Crippen molar-refractivity contribution in [3.63, 3.8) is 0 Å². The molecular weight excluding hydrogens is 539 g/mol. The largest absolute Gasteiger partial charge is 0.495 e. The lowest BCUT2D eigenvalue weighted by Gasteiger charge is -2.38. The third-order valence-electron chi connectivity index (χ3n) is 7.37. The van der Waals surface area contributed by atoms with Crippen LogP contribution in [0.5, 0.6) is 11.5 Å². The summed E-state index contributed by atoms with van der Waals surface area (Å²) in [6, 6.07) is 3.79. The average molecular weight is 576 g/mol. The van der Waals surface area contributed by atoms with Crippen LogP contribution in [0, 0.1) is 0 Å². The second-order valence-corrected chi connectivity index (χ2v) is 10.2. The van der Waals surface area contributed by atoms with E-state index in [4.69, 9.17) is 32.7 Å². The number of benzene rings is 1. The molecule has 1 N–H and O–H groups in total. The van der Waals surface area contributed by atoms with Crippen LogP contribution in [0.2, 0.25) is 10.0 Å². The number of ether oxygens (including phenoxy) is 2. The second-order valence-electron chi connectivity index (χ2n) is 9.47. The van der Waals surface area contributed by atoms with Crippen LogP contribution in [0.1, 0.15) is 19.8 Å². The number of hydrogen-bond acceptors (Lipinski definition) is 8. The highest BCUT2D eigenvalue weighted by Crippen LogP contribution is 2.45. The number of likely N-dealkylation sites (N-methyl/N-ethyl adjacent to an activating group) is 1. The highest BCUT2D eigenvalue weighted by atomic mass is 35.5. The van der Waals surface area contributed by atoms with Crippen LogP contribution in [-0.2, 0) is 6.54 Å². The maximum atomic E-state index is 14.1. The standard InChI is InChI=1S/C28H36Cl2N6O3/c1-6-10-34-11-8-19(9-12-34)35(7-2)13-14-36-26-18(17-32-28(31-3)33-26)15-20(27(36)37)23-24(29)21(38-4)16-22(39-5)25(23)30/h6,15-17,19H,1,7-14H2,2-5H3,(H,31,32,33). The zero-order valence-corrected chi connectivity index (χ0v) is 24.5. The number of hydrogen-bond donors (Lipinski definition) is 1. The molecule has 1 aliphatic rings. The van der Waals surface area contributed by atoms with Crippen molar-refractivity contribution in [3.05, 3.63) is 51.4 Å². The fourth-order valence-corrected chi connectivity index (χ4v) is 5.97. The summed E-state index contributed by atoms with van der Waals surface area (Å²) in [5, 5.41) is 4.13. The van der Waals surface area contributed by atoms with Gasteiger partial charge >= 0.3 is 0 Å². The van der Waals surface area contributed by atoms with E-state index in [-0.39, 0.29) is 15.6 Å². The van der Waals surface area contributed by atoms with Crippen LogP contribution in [0.25, 0.3) is 22.2 Å². The van der Waals surface area contributed by atoms with Crippen molar-refractivity contribution in [2.24, 2.45) is 0 Å².